The lowest BCUT2D eigenvalue weighted by Crippen LogP contribution is -2.41. The third-order valence-electron chi connectivity index (χ3n) is 5.35. The van der Waals surface area contributed by atoms with Crippen molar-refractivity contribution in [1.29, 1.82) is 0 Å². The predicted molar refractivity (Wildman–Crippen MR) is 125 cm³/mol. The number of nitrogens with one attached hydrogen (secondary N) is 1. The van der Waals surface area contributed by atoms with E-state index < -0.39 is 10.0 Å². The average Bonchev–Trinajstić information content (AvgIpc) is 2.75. The normalized spacial score (nSPS) is 12.3. The van der Waals surface area contributed by atoms with Gasteiger partial charge < -0.3 is 5.32 Å². The van der Waals surface area contributed by atoms with Gasteiger partial charge in [-0.1, -0.05) is 54.1 Å². The maximum Gasteiger partial charge on any atom is 0.264 e. The Hall–Kier alpha value is -3.12. The summed E-state index contributed by atoms with van der Waals surface area (Å²) in [6.07, 6.45) is 0. The molecule has 3 aromatic carbocycles. The molecule has 0 aromatic heterocycles. The van der Waals surface area contributed by atoms with Crippen LogP contribution in [0.5, 0.6) is 0 Å². The van der Waals surface area contributed by atoms with E-state index in [0.29, 0.717) is 5.69 Å². The van der Waals surface area contributed by atoms with E-state index in [1.54, 1.807) is 36.4 Å². The van der Waals surface area contributed by atoms with E-state index in [2.05, 4.69) is 5.32 Å². The van der Waals surface area contributed by atoms with Gasteiger partial charge in [0.1, 0.15) is 6.54 Å². The van der Waals surface area contributed by atoms with E-state index in [1.165, 1.54) is 4.31 Å². The summed E-state index contributed by atoms with van der Waals surface area (Å²) in [5, 5.41) is 2.91. The molecule has 0 aliphatic rings. The van der Waals surface area contributed by atoms with Gasteiger partial charge in [-0.25, -0.2) is 8.42 Å². The Balaban J connectivity index is 1.93. The van der Waals surface area contributed by atoms with Crippen molar-refractivity contribution in [2.75, 3.05) is 10.8 Å². The number of aryl methyl sites for hydroxylation is 3. The number of hydrogen-bond acceptors (Lipinski definition) is 3. The van der Waals surface area contributed by atoms with Crippen molar-refractivity contribution in [3.8, 4) is 0 Å². The second-order valence-electron chi connectivity index (χ2n) is 7.79. The minimum atomic E-state index is -3.92. The van der Waals surface area contributed by atoms with Crippen molar-refractivity contribution >= 4 is 21.6 Å². The van der Waals surface area contributed by atoms with Crippen LogP contribution < -0.4 is 9.62 Å². The lowest BCUT2D eigenvalue weighted by Gasteiger charge is -2.26. The summed E-state index contributed by atoms with van der Waals surface area (Å²) in [5.41, 5.74) is 4.39. The van der Waals surface area contributed by atoms with E-state index in [4.69, 9.17) is 0 Å². The van der Waals surface area contributed by atoms with Crippen molar-refractivity contribution in [3.63, 3.8) is 0 Å². The van der Waals surface area contributed by atoms with Gasteiger partial charge in [0.2, 0.25) is 5.91 Å². The molecule has 5 nitrogen and oxygen atoms in total. The van der Waals surface area contributed by atoms with Gasteiger partial charge in [-0.15, -0.1) is 0 Å². The summed E-state index contributed by atoms with van der Waals surface area (Å²) in [5.74, 6) is -0.370. The highest BCUT2D eigenvalue weighted by Crippen LogP contribution is 2.26. The van der Waals surface area contributed by atoms with Crippen LogP contribution in [0.2, 0.25) is 0 Å². The van der Waals surface area contributed by atoms with Gasteiger partial charge in [0, 0.05) is 0 Å². The summed E-state index contributed by atoms with van der Waals surface area (Å²) < 4.78 is 28.1. The molecule has 0 bridgehead atoms. The van der Waals surface area contributed by atoms with Crippen LogP contribution in [-0.4, -0.2) is 20.9 Å². The SMILES string of the molecule is Cc1ccc(S(=O)(=O)N(CC(=O)NC(C)c2ccccc2)c2ccc(C)c(C)c2)cc1. The molecule has 0 aliphatic carbocycles. The molecule has 0 fully saturated rings. The topological polar surface area (TPSA) is 66.5 Å². The van der Waals surface area contributed by atoms with Gasteiger partial charge in [0.15, 0.2) is 0 Å². The van der Waals surface area contributed by atoms with E-state index in [0.717, 1.165) is 22.3 Å². The summed E-state index contributed by atoms with van der Waals surface area (Å²) in [6, 6.07) is 21.4. The van der Waals surface area contributed by atoms with Crippen LogP contribution in [0.1, 0.15) is 35.2 Å². The first kappa shape index (κ1) is 22.6. The number of sulfonamides is 1. The van der Waals surface area contributed by atoms with Gasteiger partial charge in [-0.2, -0.15) is 0 Å². The van der Waals surface area contributed by atoms with Crippen LogP contribution in [0, 0.1) is 20.8 Å². The van der Waals surface area contributed by atoms with E-state index in [9.17, 15) is 13.2 Å². The van der Waals surface area contributed by atoms with Crippen LogP contribution in [0.25, 0.3) is 0 Å². The molecule has 162 valence electrons. The smallest absolute Gasteiger partial charge is 0.264 e. The summed E-state index contributed by atoms with van der Waals surface area (Å²) >= 11 is 0. The Morgan fingerprint density at radius 1 is 0.903 bits per heavy atom. The van der Waals surface area contributed by atoms with E-state index in [-0.39, 0.29) is 23.4 Å². The quantitative estimate of drug-likeness (QED) is 0.585. The number of amides is 1. The summed E-state index contributed by atoms with van der Waals surface area (Å²) in [7, 11) is -3.92. The van der Waals surface area contributed by atoms with Crippen LogP contribution >= 0.6 is 0 Å². The minimum absolute atomic E-state index is 0.153. The molecule has 0 aliphatic heterocycles. The molecule has 0 radical (unpaired) electrons. The molecule has 6 heteroatoms. The fraction of sp³-hybridized carbons (Fsp3) is 0.240. The number of hydrogen-bond donors (Lipinski definition) is 1. The van der Waals surface area contributed by atoms with Crippen molar-refractivity contribution in [2.24, 2.45) is 0 Å². The monoisotopic (exact) mass is 436 g/mol. The maximum absolute atomic E-state index is 13.5. The van der Waals surface area contributed by atoms with Gasteiger partial charge in [-0.3, -0.25) is 9.10 Å². The fourth-order valence-corrected chi connectivity index (χ4v) is 4.69. The maximum atomic E-state index is 13.5. The third kappa shape index (κ3) is 5.33. The van der Waals surface area contributed by atoms with Crippen LogP contribution in [0.4, 0.5) is 5.69 Å². The van der Waals surface area contributed by atoms with Crippen LogP contribution in [0.3, 0.4) is 0 Å². The van der Waals surface area contributed by atoms with Gasteiger partial charge in [0.05, 0.1) is 16.6 Å². The zero-order valence-electron chi connectivity index (χ0n) is 18.3. The third-order valence-corrected chi connectivity index (χ3v) is 7.14. The van der Waals surface area contributed by atoms with Crippen molar-refractivity contribution in [1.82, 2.24) is 5.32 Å². The Morgan fingerprint density at radius 2 is 1.55 bits per heavy atom. The summed E-state index contributed by atoms with van der Waals surface area (Å²) in [4.78, 5) is 13.0. The van der Waals surface area contributed by atoms with Gasteiger partial charge >= 0.3 is 0 Å². The molecule has 0 spiro atoms. The van der Waals surface area contributed by atoms with E-state index >= 15 is 0 Å². The standard InChI is InChI=1S/C25H28N2O3S/c1-18-10-14-24(15-11-18)31(29,30)27(23-13-12-19(2)20(3)16-23)17-25(28)26-21(4)22-8-6-5-7-9-22/h5-16,21H,17H2,1-4H3,(H,26,28). The molecule has 3 rings (SSSR count). The first-order valence-corrected chi connectivity index (χ1v) is 11.6. The molecule has 31 heavy (non-hydrogen) atoms. The average molecular weight is 437 g/mol. The lowest BCUT2D eigenvalue weighted by atomic mass is 10.1. The van der Waals surface area contributed by atoms with Crippen molar-refractivity contribution in [2.45, 2.75) is 38.6 Å². The highest BCUT2D eigenvalue weighted by Gasteiger charge is 2.28. The first-order chi connectivity index (χ1) is 14.7. The zero-order valence-corrected chi connectivity index (χ0v) is 19.1. The number of nitrogens with zero attached hydrogens (tertiary/aromatic N) is 1. The molecule has 3 aromatic rings. The Morgan fingerprint density at radius 3 is 2.16 bits per heavy atom. The van der Waals surface area contributed by atoms with Gasteiger partial charge in [-0.05, 0) is 68.7 Å². The molecule has 1 amide bonds. The van der Waals surface area contributed by atoms with E-state index in [1.807, 2.05) is 64.1 Å². The second-order valence-corrected chi connectivity index (χ2v) is 9.66. The zero-order chi connectivity index (χ0) is 22.6. The second kappa shape index (κ2) is 9.35. The number of carbonyl (C=O) groups excluding carboxylic acids is 1. The molecule has 1 atom stereocenters. The van der Waals surface area contributed by atoms with Crippen LogP contribution in [-0.2, 0) is 14.8 Å². The number of anilines is 1. The largest absolute Gasteiger partial charge is 0.348 e. The van der Waals surface area contributed by atoms with Crippen LogP contribution in [0.15, 0.2) is 77.7 Å². The first-order valence-electron chi connectivity index (χ1n) is 10.2. The molecular weight excluding hydrogens is 408 g/mol. The molecule has 0 heterocycles. The number of carbonyl (C=O) groups is 1. The highest BCUT2D eigenvalue weighted by molar-refractivity contribution is 7.92. The minimum Gasteiger partial charge on any atom is -0.348 e. The Bertz CT molecular complexity index is 1160. The van der Waals surface area contributed by atoms with Crippen molar-refractivity contribution in [3.05, 3.63) is 95.1 Å². The fourth-order valence-electron chi connectivity index (χ4n) is 3.28. The molecule has 0 saturated heterocycles. The molecule has 0 saturated carbocycles. The Labute approximate surface area is 184 Å². The number of rotatable bonds is 7. The summed E-state index contributed by atoms with van der Waals surface area (Å²) in [6.45, 7) is 7.35. The lowest BCUT2D eigenvalue weighted by molar-refractivity contribution is -0.120. The highest BCUT2D eigenvalue weighted by atomic mass is 32.2. The molecular formula is C25H28N2O3S. The van der Waals surface area contributed by atoms with Crippen molar-refractivity contribution < 1.29 is 13.2 Å². The van der Waals surface area contributed by atoms with Gasteiger partial charge in [0.25, 0.3) is 10.0 Å². The molecule has 1 unspecified atom stereocenters. The number of benzene rings is 3. The Kier molecular flexibility index (Phi) is 6.81. The molecule has 1 N–H and O–H groups in total. The predicted octanol–water partition coefficient (Wildman–Crippen LogP) is 4.68.